The van der Waals surface area contributed by atoms with Gasteiger partial charge >= 0.3 is 0 Å². The van der Waals surface area contributed by atoms with Crippen molar-refractivity contribution in [3.8, 4) is 0 Å². The molecule has 2 aromatic heterocycles. The van der Waals surface area contributed by atoms with Gasteiger partial charge in [0, 0.05) is 18.5 Å². The van der Waals surface area contributed by atoms with Gasteiger partial charge in [0.1, 0.15) is 35.6 Å². The zero-order valence-corrected chi connectivity index (χ0v) is 16.3. The number of aliphatic hydroxyl groups is 2. The Labute approximate surface area is 176 Å². The molecule has 1 radical (unpaired) electrons. The fourth-order valence-electron chi connectivity index (χ4n) is 3.65. The molecule has 1 fully saturated rings. The first-order valence-electron chi connectivity index (χ1n) is 9.60. The van der Waals surface area contributed by atoms with Crippen LogP contribution in [0.3, 0.4) is 0 Å². The molecule has 0 bridgehead atoms. The van der Waals surface area contributed by atoms with E-state index in [4.69, 9.17) is 0 Å². The number of rotatable bonds is 6. The number of nitrogens with zero attached hydrogens (tertiary/aromatic N) is 4. The van der Waals surface area contributed by atoms with Crippen LogP contribution in [0, 0.1) is 24.5 Å². The Hall–Kier alpha value is -3.24. The summed E-state index contributed by atoms with van der Waals surface area (Å²) in [6.07, 6.45) is 2.50. The summed E-state index contributed by atoms with van der Waals surface area (Å²) in [7, 11) is 0. The first-order chi connectivity index (χ1) is 14.8. The molecular formula is C21H20F2N5O3. The lowest BCUT2D eigenvalue weighted by molar-refractivity contribution is 0.0256. The fraction of sp³-hybridized carbons (Fsp3) is 0.286. The highest BCUT2D eigenvalue weighted by Gasteiger charge is 2.39. The number of hydrogen-bond acceptors (Lipinski definition) is 7. The third kappa shape index (κ3) is 4.44. The summed E-state index contributed by atoms with van der Waals surface area (Å²) in [6.45, 7) is 3.88. The minimum absolute atomic E-state index is 0.0788. The van der Waals surface area contributed by atoms with E-state index in [2.05, 4.69) is 27.3 Å². The smallest absolute Gasteiger partial charge is 0.218 e. The van der Waals surface area contributed by atoms with Crippen LogP contribution in [-0.2, 0) is 6.54 Å². The number of carbonyl (C=O) groups is 1. The molecule has 0 spiro atoms. The SMILES string of the molecule is [CH2][C@@H]1C[C@@H](Nc2ncncc2C(=O)c2ccn(Cc3cc(F)cc(F)c3)n2)[C@H](O)[C@@H]1O. The summed E-state index contributed by atoms with van der Waals surface area (Å²) in [4.78, 5) is 21.0. The molecule has 31 heavy (non-hydrogen) atoms. The zero-order valence-electron chi connectivity index (χ0n) is 16.3. The van der Waals surface area contributed by atoms with Crippen LogP contribution in [0.15, 0.2) is 43.0 Å². The molecule has 3 aromatic rings. The Morgan fingerprint density at radius 1 is 1.23 bits per heavy atom. The van der Waals surface area contributed by atoms with Crippen molar-refractivity contribution >= 4 is 11.6 Å². The fourth-order valence-corrected chi connectivity index (χ4v) is 3.65. The molecule has 8 nitrogen and oxygen atoms in total. The topological polar surface area (TPSA) is 113 Å². The number of benzene rings is 1. The number of anilines is 1. The molecule has 3 N–H and O–H groups in total. The second-order valence-electron chi connectivity index (χ2n) is 7.52. The number of ketones is 1. The van der Waals surface area contributed by atoms with Gasteiger partial charge in [-0.2, -0.15) is 5.10 Å². The van der Waals surface area contributed by atoms with Crippen LogP contribution in [0.1, 0.15) is 28.0 Å². The molecule has 0 aliphatic heterocycles. The molecule has 1 aromatic carbocycles. The van der Waals surface area contributed by atoms with Crippen molar-refractivity contribution in [3.63, 3.8) is 0 Å². The largest absolute Gasteiger partial charge is 0.390 e. The maximum atomic E-state index is 13.4. The van der Waals surface area contributed by atoms with Gasteiger partial charge in [-0.1, -0.05) is 0 Å². The number of carbonyl (C=O) groups excluding carboxylic acids is 1. The van der Waals surface area contributed by atoms with Gasteiger partial charge in [-0.05, 0) is 43.0 Å². The minimum atomic E-state index is -1.05. The molecule has 4 rings (SSSR count). The third-order valence-electron chi connectivity index (χ3n) is 5.22. The third-order valence-corrected chi connectivity index (χ3v) is 5.22. The number of nitrogens with one attached hydrogen (secondary N) is 1. The standard InChI is InChI=1S/C21H20F2N5O3/c1-11-4-17(20(31)18(11)29)26-21-15(8-24-10-25-21)19(30)16-2-3-28(27-16)9-12-5-13(22)7-14(23)6-12/h2-3,5-8,10-11,17-18,20,29,31H,1,4,9H2,(H,24,25,26)/t11-,17-,18-,20+/m1/s1. The highest BCUT2D eigenvalue weighted by Crippen LogP contribution is 2.29. The van der Waals surface area contributed by atoms with Gasteiger partial charge in [0.2, 0.25) is 5.78 Å². The van der Waals surface area contributed by atoms with Gasteiger partial charge in [-0.15, -0.1) is 0 Å². The van der Waals surface area contributed by atoms with E-state index in [1.165, 1.54) is 41.6 Å². The molecule has 1 aliphatic carbocycles. The Kier molecular flexibility index (Phi) is 5.75. The highest BCUT2D eigenvalue weighted by atomic mass is 19.1. The number of aliphatic hydroxyl groups excluding tert-OH is 2. The van der Waals surface area contributed by atoms with Crippen molar-refractivity contribution in [2.75, 3.05) is 5.32 Å². The van der Waals surface area contributed by atoms with E-state index < -0.39 is 35.7 Å². The van der Waals surface area contributed by atoms with Gasteiger partial charge in [-0.3, -0.25) is 9.48 Å². The molecule has 161 valence electrons. The minimum Gasteiger partial charge on any atom is -0.390 e. The van der Waals surface area contributed by atoms with E-state index >= 15 is 0 Å². The molecule has 0 amide bonds. The molecule has 4 atom stereocenters. The van der Waals surface area contributed by atoms with Crippen LogP contribution in [0.4, 0.5) is 14.6 Å². The van der Waals surface area contributed by atoms with Crippen LogP contribution in [-0.4, -0.2) is 54.0 Å². The maximum absolute atomic E-state index is 13.4. The van der Waals surface area contributed by atoms with E-state index in [0.29, 0.717) is 12.0 Å². The van der Waals surface area contributed by atoms with Crippen molar-refractivity contribution in [3.05, 3.63) is 78.4 Å². The molecular weight excluding hydrogens is 408 g/mol. The molecule has 0 unspecified atom stereocenters. The number of halogens is 2. The first kappa shape index (κ1) is 21.0. The predicted octanol–water partition coefficient (Wildman–Crippen LogP) is 1.59. The van der Waals surface area contributed by atoms with Crippen LogP contribution < -0.4 is 5.32 Å². The Bertz CT molecular complexity index is 1090. The van der Waals surface area contributed by atoms with E-state index in [0.717, 1.165) is 6.07 Å². The number of aromatic nitrogens is 4. The predicted molar refractivity (Wildman–Crippen MR) is 106 cm³/mol. The van der Waals surface area contributed by atoms with Crippen molar-refractivity contribution in [2.45, 2.75) is 31.2 Å². The summed E-state index contributed by atoms with van der Waals surface area (Å²) in [6, 6.07) is 4.11. The van der Waals surface area contributed by atoms with E-state index in [9.17, 15) is 23.8 Å². The summed E-state index contributed by atoms with van der Waals surface area (Å²) in [5, 5.41) is 27.3. The quantitative estimate of drug-likeness (QED) is 0.511. The monoisotopic (exact) mass is 428 g/mol. The summed E-state index contributed by atoms with van der Waals surface area (Å²) < 4.78 is 28.2. The molecule has 1 saturated carbocycles. The van der Waals surface area contributed by atoms with Crippen molar-refractivity contribution in [1.82, 2.24) is 19.7 Å². The second-order valence-corrected chi connectivity index (χ2v) is 7.52. The van der Waals surface area contributed by atoms with Gasteiger partial charge in [0.15, 0.2) is 0 Å². The molecule has 10 heteroatoms. The van der Waals surface area contributed by atoms with Crippen LogP contribution in [0.5, 0.6) is 0 Å². The maximum Gasteiger partial charge on any atom is 0.218 e. The lowest BCUT2D eigenvalue weighted by atomic mass is 10.1. The van der Waals surface area contributed by atoms with E-state index in [1.807, 2.05) is 0 Å². The highest BCUT2D eigenvalue weighted by molar-refractivity contribution is 6.10. The number of hydrogen-bond donors (Lipinski definition) is 3. The van der Waals surface area contributed by atoms with Crippen LogP contribution >= 0.6 is 0 Å². The van der Waals surface area contributed by atoms with Crippen molar-refractivity contribution in [1.29, 1.82) is 0 Å². The van der Waals surface area contributed by atoms with Gasteiger partial charge in [0.25, 0.3) is 0 Å². The zero-order chi connectivity index (χ0) is 22.1. The Morgan fingerprint density at radius 2 is 1.97 bits per heavy atom. The lowest BCUT2D eigenvalue weighted by Crippen LogP contribution is -2.35. The molecule has 2 heterocycles. The molecule has 0 saturated heterocycles. The van der Waals surface area contributed by atoms with E-state index in [1.54, 1.807) is 0 Å². The van der Waals surface area contributed by atoms with Gasteiger partial charge in [-0.25, -0.2) is 18.7 Å². The Morgan fingerprint density at radius 3 is 2.65 bits per heavy atom. The summed E-state index contributed by atoms with van der Waals surface area (Å²) in [5.74, 6) is -2.01. The Balaban J connectivity index is 1.53. The van der Waals surface area contributed by atoms with Crippen molar-refractivity contribution in [2.24, 2.45) is 5.92 Å². The van der Waals surface area contributed by atoms with Gasteiger partial charge in [0.05, 0.1) is 24.3 Å². The first-order valence-corrected chi connectivity index (χ1v) is 9.60. The summed E-state index contributed by atoms with van der Waals surface area (Å²) in [5.41, 5.74) is 0.594. The van der Waals surface area contributed by atoms with E-state index in [-0.39, 0.29) is 29.5 Å². The van der Waals surface area contributed by atoms with Crippen LogP contribution in [0.25, 0.3) is 0 Å². The molecule has 1 aliphatic rings. The van der Waals surface area contributed by atoms with Crippen molar-refractivity contribution < 1.29 is 23.8 Å². The summed E-state index contributed by atoms with van der Waals surface area (Å²) >= 11 is 0. The average Bonchev–Trinajstić information content (AvgIpc) is 3.28. The average molecular weight is 428 g/mol. The second kappa shape index (κ2) is 8.48. The normalized spacial score (nSPS) is 23.1. The van der Waals surface area contributed by atoms with Gasteiger partial charge < -0.3 is 15.5 Å². The lowest BCUT2D eigenvalue weighted by Gasteiger charge is -2.19. The van der Waals surface area contributed by atoms with Crippen LogP contribution in [0.2, 0.25) is 0 Å².